The van der Waals surface area contributed by atoms with Crippen molar-refractivity contribution in [1.82, 2.24) is 9.55 Å². The van der Waals surface area contributed by atoms with Crippen LogP contribution >= 0.6 is 0 Å². The summed E-state index contributed by atoms with van der Waals surface area (Å²) in [5, 5.41) is 2.25. The van der Waals surface area contributed by atoms with E-state index in [9.17, 15) is 0 Å². The van der Waals surface area contributed by atoms with Gasteiger partial charge in [0.05, 0.1) is 0 Å². The Bertz CT molecular complexity index is 2450. The number of hydrogen-bond donors (Lipinski definition) is 0. The molecule has 7 aromatic rings. The molecule has 0 N–H and O–H groups in total. The van der Waals surface area contributed by atoms with Gasteiger partial charge in [-0.2, -0.15) is 12.1 Å². The molecule has 0 saturated carbocycles. The minimum Gasteiger partial charge on any atom is -0.509 e. The fourth-order valence-electron chi connectivity index (χ4n) is 6.92. The number of hydrogen-bond acceptors (Lipinski definition) is 4. The summed E-state index contributed by atoms with van der Waals surface area (Å²) < 4.78 is 8.76. The summed E-state index contributed by atoms with van der Waals surface area (Å²) in [6, 6.07) is 47.4. The molecule has 2 aromatic heterocycles. The second kappa shape index (κ2) is 13.5. The van der Waals surface area contributed by atoms with E-state index in [1.54, 1.807) is 0 Å². The van der Waals surface area contributed by atoms with Crippen LogP contribution in [0.2, 0.25) is 0 Å². The van der Waals surface area contributed by atoms with Gasteiger partial charge in [0.15, 0.2) is 0 Å². The number of aromatic nitrogens is 2. The predicted molar refractivity (Wildman–Crippen MR) is 215 cm³/mol. The smallest absolute Gasteiger partial charge is 0.135 e. The normalized spacial score (nSPS) is 13.4. The number of fused-ring (bicyclic) bond motifs is 4. The first kappa shape index (κ1) is 36.5. The van der Waals surface area contributed by atoms with Crippen LogP contribution in [0.5, 0.6) is 11.5 Å². The van der Waals surface area contributed by atoms with Gasteiger partial charge < -0.3 is 19.1 Å². The molecule has 272 valence electrons. The molecule has 0 aliphatic carbocycles. The van der Waals surface area contributed by atoms with Gasteiger partial charge in [0.2, 0.25) is 0 Å². The van der Waals surface area contributed by atoms with Crippen molar-refractivity contribution in [3.63, 3.8) is 0 Å². The molecule has 0 spiro atoms. The fourth-order valence-corrected chi connectivity index (χ4v) is 6.92. The van der Waals surface area contributed by atoms with Gasteiger partial charge >= 0.3 is 0 Å². The SMILES string of the molecule is CC(C)(C)c1cccc(N2[CH-]N(c3[c-]c(Oc4[c-]c5c(cc4)c4ccccc4n5-c4cc(C(C)(C)C(C)(C)C)ccn4)ccc3)c3ccccc32)c1.[Pt]. The molecule has 0 bridgehead atoms. The number of para-hydroxylation sites is 3. The quantitative estimate of drug-likeness (QED) is 0.156. The van der Waals surface area contributed by atoms with E-state index in [4.69, 9.17) is 9.72 Å². The van der Waals surface area contributed by atoms with Gasteiger partial charge in [-0.15, -0.1) is 48.1 Å². The molecule has 0 amide bonds. The molecule has 53 heavy (non-hydrogen) atoms. The van der Waals surface area contributed by atoms with E-state index >= 15 is 0 Å². The van der Waals surface area contributed by atoms with Crippen LogP contribution in [0.15, 0.2) is 121 Å². The van der Waals surface area contributed by atoms with E-state index in [1.807, 2.05) is 24.4 Å². The van der Waals surface area contributed by atoms with Gasteiger partial charge in [0.1, 0.15) is 5.82 Å². The van der Waals surface area contributed by atoms with Gasteiger partial charge in [-0.3, -0.25) is 0 Å². The van der Waals surface area contributed by atoms with E-state index < -0.39 is 0 Å². The molecule has 0 radical (unpaired) electrons. The van der Waals surface area contributed by atoms with Crippen LogP contribution in [0, 0.1) is 24.2 Å². The van der Waals surface area contributed by atoms with Gasteiger partial charge in [0.25, 0.3) is 0 Å². The Morgan fingerprint density at radius 3 is 2.08 bits per heavy atom. The fraction of sp³-hybridized carbons (Fsp3) is 0.234. The zero-order valence-electron chi connectivity index (χ0n) is 31.6. The van der Waals surface area contributed by atoms with E-state index in [2.05, 4.69) is 186 Å². The maximum absolute atomic E-state index is 6.55. The molecule has 5 aromatic carbocycles. The van der Waals surface area contributed by atoms with Crippen molar-refractivity contribution in [3.05, 3.63) is 151 Å². The Labute approximate surface area is 328 Å². The monoisotopic (exact) mass is 876 g/mol. The van der Waals surface area contributed by atoms with Crippen LogP contribution < -0.4 is 14.5 Å². The average molecular weight is 877 g/mol. The number of rotatable bonds is 6. The molecule has 0 saturated heterocycles. The first-order chi connectivity index (χ1) is 24.8. The van der Waals surface area contributed by atoms with Crippen molar-refractivity contribution >= 4 is 44.6 Å². The zero-order chi connectivity index (χ0) is 36.4. The van der Waals surface area contributed by atoms with Crippen LogP contribution in [-0.4, -0.2) is 9.55 Å². The van der Waals surface area contributed by atoms with E-state index in [1.165, 1.54) is 11.1 Å². The van der Waals surface area contributed by atoms with Crippen LogP contribution in [0.25, 0.3) is 27.6 Å². The van der Waals surface area contributed by atoms with Crippen molar-refractivity contribution in [2.75, 3.05) is 9.80 Å². The maximum atomic E-state index is 6.55. The van der Waals surface area contributed by atoms with Gasteiger partial charge in [0, 0.05) is 61.3 Å². The minimum atomic E-state index is -0.0664. The number of benzene rings is 5. The molecule has 1 aliphatic heterocycles. The molecule has 3 heterocycles. The minimum absolute atomic E-state index is 0. The van der Waals surface area contributed by atoms with E-state index in [0.29, 0.717) is 11.5 Å². The first-order valence-corrected chi connectivity index (χ1v) is 18.1. The molecular formula is C47H45N4OPt-3. The standard InChI is InChI=1S/C47H45N4O.Pt/c1-45(2,3)32-15-13-16-34(27-32)49-31-50(42-22-12-11-21-41(42)49)35-17-14-18-36(29-35)52-37-23-24-39-38-19-9-10-20-40(38)51(43(39)30-37)44-28-33(25-26-48-44)47(7,8)46(4,5)6;/h9-28,31H,1-8H3;/q-3;. The Hall–Kier alpha value is -4.86. The second-order valence-electron chi connectivity index (χ2n) is 16.4. The summed E-state index contributed by atoms with van der Waals surface area (Å²) in [6.45, 7) is 20.4. The second-order valence-corrected chi connectivity index (χ2v) is 16.4. The number of pyridine rings is 1. The molecule has 8 rings (SSSR count). The Kier molecular flexibility index (Phi) is 9.31. The molecule has 6 heteroatoms. The molecule has 5 nitrogen and oxygen atoms in total. The molecular weight excluding hydrogens is 832 g/mol. The molecule has 0 unspecified atom stereocenters. The topological polar surface area (TPSA) is 33.5 Å². The van der Waals surface area contributed by atoms with Crippen LogP contribution in [0.3, 0.4) is 0 Å². The summed E-state index contributed by atoms with van der Waals surface area (Å²) in [4.78, 5) is 9.32. The summed E-state index contributed by atoms with van der Waals surface area (Å²) in [5.74, 6) is 2.09. The van der Waals surface area contributed by atoms with Crippen LogP contribution in [-0.2, 0) is 31.9 Å². The van der Waals surface area contributed by atoms with Gasteiger partial charge in [-0.05, 0) is 75.2 Å². The Morgan fingerprint density at radius 2 is 1.32 bits per heavy atom. The van der Waals surface area contributed by atoms with Crippen molar-refractivity contribution in [2.45, 2.75) is 66.2 Å². The number of anilines is 4. The zero-order valence-corrected chi connectivity index (χ0v) is 33.9. The van der Waals surface area contributed by atoms with Gasteiger partial charge in [-0.1, -0.05) is 103 Å². The van der Waals surface area contributed by atoms with E-state index in [0.717, 1.165) is 50.4 Å². The van der Waals surface area contributed by atoms with Crippen molar-refractivity contribution in [3.8, 4) is 17.3 Å². The number of nitrogens with zero attached hydrogens (tertiary/aromatic N) is 4. The van der Waals surface area contributed by atoms with Gasteiger partial charge in [-0.25, -0.2) is 4.98 Å². The predicted octanol–water partition coefficient (Wildman–Crippen LogP) is 12.6. The summed E-state index contributed by atoms with van der Waals surface area (Å²) in [5.41, 5.74) is 8.79. The van der Waals surface area contributed by atoms with Crippen molar-refractivity contribution in [1.29, 1.82) is 0 Å². The van der Waals surface area contributed by atoms with Crippen molar-refractivity contribution < 1.29 is 25.8 Å². The van der Waals surface area contributed by atoms with Crippen LogP contribution in [0.4, 0.5) is 22.7 Å². The summed E-state index contributed by atoms with van der Waals surface area (Å²) in [6.07, 6.45) is 1.93. The molecule has 0 atom stereocenters. The third-order valence-corrected chi connectivity index (χ3v) is 11.0. The Balaban J connectivity index is 0.00000435. The third kappa shape index (κ3) is 6.54. The summed E-state index contributed by atoms with van der Waals surface area (Å²) in [7, 11) is 0. The van der Waals surface area contributed by atoms with E-state index in [-0.39, 0.29) is 37.3 Å². The Morgan fingerprint density at radius 1 is 0.623 bits per heavy atom. The maximum Gasteiger partial charge on any atom is 0.135 e. The number of ether oxygens (including phenoxy) is 1. The average Bonchev–Trinajstić information content (AvgIpc) is 3.67. The third-order valence-electron chi connectivity index (χ3n) is 11.0. The van der Waals surface area contributed by atoms with Crippen molar-refractivity contribution in [2.24, 2.45) is 5.41 Å². The van der Waals surface area contributed by atoms with Crippen LogP contribution in [0.1, 0.15) is 66.5 Å². The first-order valence-electron chi connectivity index (χ1n) is 18.1. The largest absolute Gasteiger partial charge is 0.509 e. The molecule has 0 fully saturated rings. The summed E-state index contributed by atoms with van der Waals surface area (Å²) >= 11 is 0. The molecule has 1 aliphatic rings.